The number of hydrogen-bond donors (Lipinski definition) is 1. The van der Waals surface area contributed by atoms with Crippen LogP contribution in [0.2, 0.25) is 0 Å². The van der Waals surface area contributed by atoms with E-state index in [1.165, 1.54) is 0 Å². The van der Waals surface area contributed by atoms with E-state index in [0.717, 1.165) is 31.1 Å². The van der Waals surface area contributed by atoms with Crippen LogP contribution in [0.15, 0.2) is 10.6 Å². The lowest BCUT2D eigenvalue weighted by atomic mass is 10.2. The van der Waals surface area contributed by atoms with Gasteiger partial charge in [0.15, 0.2) is 5.76 Å². The molecule has 0 aliphatic rings. The van der Waals surface area contributed by atoms with Crippen molar-refractivity contribution in [3.05, 3.63) is 17.5 Å². The van der Waals surface area contributed by atoms with Gasteiger partial charge in [0, 0.05) is 25.8 Å². The van der Waals surface area contributed by atoms with Crippen LogP contribution in [-0.4, -0.2) is 43.4 Å². The Hall–Kier alpha value is -0.910. The molecule has 1 aromatic heterocycles. The molecule has 0 radical (unpaired) electrons. The van der Waals surface area contributed by atoms with Crippen molar-refractivity contribution in [2.24, 2.45) is 5.92 Å². The molecule has 0 aliphatic heterocycles. The highest BCUT2D eigenvalue weighted by molar-refractivity contribution is 5.05. The minimum Gasteiger partial charge on any atom is -0.383 e. The van der Waals surface area contributed by atoms with Gasteiger partial charge in [0.2, 0.25) is 0 Å². The van der Waals surface area contributed by atoms with Gasteiger partial charge in [0.05, 0.1) is 18.8 Å². The van der Waals surface area contributed by atoms with E-state index in [1.807, 2.05) is 6.07 Å². The molecule has 0 aromatic carbocycles. The van der Waals surface area contributed by atoms with Gasteiger partial charge in [0.25, 0.3) is 0 Å². The summed E-state index contributed by atoms with van der Waals surface area (Å²) in [5, 5.41) is 7.43. The molecule has 1 heterocycles. The smallest absolute Gasteiger partial charge is 0.151 e. The van der Waals surface area contributed by atoms with Crippen molar-refractivity contribution in [2.45, 2.75) is 39.9 Å². The van der Waals surface area contributed by atoms with E-state index in [1.54, 1.807) is 7.11 Å². The van der Waals surface area contributed by atoms with E-state index >= 15 is 0 Å². The number of aromatic nitrogens is 1. The van der Waals surface area contributed by atoms with Crippen LogP contribution in [0.4, 0.5) is 0 Å². The molecule has 0 saturated carbocycles. The van der Waals surface area contributed by atoms with Crippen LogP contribution in [0.25, 0.3) is 0 Å². The molecule has 0 saturated heterocycles. The van der Waals surface area contributed by atoms with E-state index in [2.05, 4.69) is 43.2 Å². The Morgan fingerprint density at radius 1 is 1.42 bits per heavy atom. The van der Waals surface area contributed by atoms with Gasteiger partial charge in [0.1, 0.15) is 0 Å². The van der Waals surface area contributed by atoms with Gasteiger partial charge >= 0.3 is 0 Å². The molecular formula is C14H27N3O2. The van der Waals surface area contributed by atoms with Crippen molar-refractivity contribution in [2.75, 3.05) is 27.3 Å². The fraction of sp³-hybridized carbons (Fsp3) is 0.786. The quantitative estimate of drug-likeness (QED) is 0.742. The van der Waals surface area contributed by atoms with Crippen LogP contribution in [-0.2, 0) is 17.8 Å². The highest BCUT2D eigenvalue weighted by Gasteiger charge is 2.12. The third-order valence-corrected chi connectivity index (χ3v) is 3.03. The van der Waals surface area contributed by atoms with Crippen LogP contribution in [0.1, 0.15) is 32.2 Å². The summed E-state index contributed by atoms with van der Waals surface area (Å²) in [7, 11) is 3.78. The standard InChI is InChI=1S/C14H27N3O2/c1-11(2)7-15-8-13-6-14(19-16-13)9-17(4)12(3)10-18-5/h6,11-12,15H,7-10H2,1-5H3. The summed E-state index contributed by atoms with van der Waals surface area (Å²) in [6.07, 6.45) is 0. The number of nitrogens with one attached hydrogen (secondary N) is 1. The topological polar surface area (TPSA) is 50.5 Å². The normalized spacial score (nSPS) is 13.4. The Balaban J connectivity index is 2.37. The van der Waals surface area contributed by atoms with E-state index in [-0.39, 0.29) is 0 Å². The maximum Gasteiger partial charge on any atom is 0.151 e. The largest absolute Gasteiger partial charge is 0.383 e. The molecule has 0 aliphatic carbocycles. The number of hydrogen-bond acceptors (Lipinski definition) is 5. The third-order valence-electron chi connectivity index (χ3n) is 3.03. The predicted octanol–water partition coefficient (Wildman–Crippen LogP) is 1.89. The Labute approximate surface area is 116 Å². The maximum absolute atomic E-state index is 5.35. The van der Waals surface area contributed by atoms with Crippen molar-refractivity contribution >= 4 is 0 Å². The average molecular weight is 269 g/mol. The van der Waals surface area contributed by atoms with Crippen molar-refractivity contribution < 1.29 is 9.26 Å². The molecule has 5 nitrogen and oxygen atoms in total. The Morgan fingerprint density at radius 3 is 2.79 bits per heavy atom. The van der Waals surface area contributed by atoms with Gasteiger partial charge in [-0.05, 0) is 26.4 Å². The Morgan fingerprint density at radius 2 is 2.16 bits per heavy atom. The summed E-state index contributed by atoms with van der Waals surface area (Å²) in [4.78, 5) is 2.19. The van der Waals surface area contributed by atoms with E-state index in [4.69, 9.17) is 9.26 Å². The van der Waals surface area contributed by atoms with Crippen molar-refractivity contribution in [1.29, 1.82) is 0 Å². The molecule has 0 spiro atoms. The zero-order chi connectivity index (χ0) is 14.3. The second kappa shape index (κ2) is 8.30. The summed E-state index contributed by atoms with van der Waals surface area (Å²) in [6, 6.07) is 2.38. The monoisotopic (exact) mass is 269 g/mol. The van der Waals surface area contributed by atoms with Gasteiger partial charge in [-0.25, -0.2) is 0 Å². The number of rotatable bonds is 9. The average Bonchev–Trinajstić information content (AvgIpc) is 2.76. The highest BCUT2D eigenvalue weighted by atomic mass is 16.5. The van der Waals surface area contributed by atoms with Crippen molar-refractivity contribution in [1.82, 2.24) is 15.4 Å². The first kappa shape index (κ1) is 16.1. The number of methoxy groups -OCH3 is 1. The van der Waals surface area contributed by atoms with Gasteiger partial charge in [-0.2, -0.15) is 0 Å². The van der Waals surface area contributed by atoms with Crippen LogP contribution >= 0.6 is 0 Å². The van der Waals surface area contributed by atoms with Gasteiger partial charge < -0.3 is 14.6 Å². The molecule has 0 fully saturated rings. The second-order valence-corrected chi connectivity index (χ2v) is 5.53. The summed E-state index contributed by atoms with van der Waals surface area (Å²) in [5.41, 5.74) is 0.962. The van der Waals surface area contributed by atoms with Crippen LogP contribution < -0.4 is 5.32 Å². The van der Waals surface area contributed by atoms with E-state index < -0.39 is 0 Å². The number of ether oxygens (including phenoxy) is 1. The van der Waals surface area contributed by atoms with Gasteiger partial charge in [-0.3, -0.25) is 4.90 Å². The summed E-state index contributed by atoms with van der Waals surface area (Å²) >= 11 is 0. The lowest BCUT2D eigenvalue weighted by molar-refractivity contribution is 0.106. The molecule has 1 unspecified atom stereocenters. The van der Waals surface area contributed by atoms with Gasteiger partial charge in [-0.1, -0.05) is 19.0 Å². The number of nitrogens with zero attached hydrogens (tertiary/aromatic N) is 2. The lowest BCUT2D eigenvalue weighted by Crippen LogP contribution is -2.32. The number of likely N-dealkylation sites (N-methyl/N-ethyl adjacent to an activating group) is 1. The first-order chi connectivity index (χ1) is 9.02. The maximum atomic E-state index is 5.35. The molecule has 19 heavy (non-hydrogen) atoms. The SMILES string of the molecule is COCC(C)N(C)Cc1cc(CNCC(C)C)no1. The minimum atomic E-state index is 0.359. The zero-order valence-electron chi connectivity index (χ0n) is 12.8. The summed E-state index contributed by atoms with van der Waals surface area (Å²) < 4.78 is 10.5. The first-order valence-corrected chi connectivity index (χ1v) is 6.87. The summed E-state index contributed by atoms with van der Waals surface area (Å²) in [5.74, 6) is 1.54. The van der Waals surface area contributed by atoms with Gasteiger partial charge in [-0.15, -0.1) is 0 Å². The second-order valence-electron chi connectivity index (χ2n) is 5.53. The lowest BCUT2D eigenvalue weighted by Gasteiger charge is -2.22. The predicted molar refractivity (Wildman–Crippen MR) is 75.9 cm³/mol. The van der Waals surface area contributed by atoms with Crippen LogP contribution in [0.3, 0.4) is 0 Å². The zero-order valence-corrected chi connectivity index (χ0v) is 12.8. The molecule has 1 N–H and O–H groups in total. The fourth-order valence-corrected chi connectivity index (χ4v) is 1.77. The van der Waals surface area contributed by atoms with Crippen LogP contribution in [0.5, 0.6) is 0 Å². The molecular weight excluding hydrogens is 242 g/mol. The molecule has 5 heteroatoms. The Kier molecular flexibility index (Phi) is 7.05. The molecule has 0 bridgehead atoms. The third kappa shape index (κ3) is 6.18. The Bertz CT molecular complexity index is 352. The molecule has 1 aromatic rings. The minimum absolute atomic E-state index is 0.359. The molecule has 110 valence electrons. The fourth-order valence-electron chi connectivity index (χ4n) is 1.77. The summed E-state index contributed by atoms with van der Waals surface area (Å²) in [6.45, 7) is 9.73. The highest BCUT2D eigenvalue weighted by Crippen LogP contribution is 2.08. The van der Waals surface area contributed by atoms with Crippen LogP contribution in [0, 0.1) is 5.92 Å². The molecule has 1 rings (SSSR count). The van der Waals surface area contributed by atoms with E-state index in [0.29, 0.717) is 18.6 Å². The first-order valence-electron chi connectivity index (χ1n) is 6.87. The molecule has 1 atom stereocenters. The van der Waals surface area contributed by atoms with Crippen molar-refractivity contribution in [3.63, 3.8) is 0 Å². The van der Waals surface area contributed by atoms with E-state index in [9.17, 15) is 0 Å². The van der Waals surface area contributed by atoms with Crippen molar-refractivity contribution in [3.8, 4) is 0 Å². The molecule has 0 amide bonds.